The number of nitrogens with two attached hydrogens (primary N) is 1. The number of rotatable bonds is 5. The fraction of sp³-hybridized carbons (Fsp3) is 0.158. The maximum Gasteiger partial charge on any atom is 0.307 e. The van der Waals surface area contributed by atoms with Gasteiger partial charge in [-0.05, 0) is 41.0 Å². The third kappa shape index (κ3) is 3.81. The first kappa shape index (κ1) is 17.8. The van der Waals surface area contributed by atoms with E-state index in [0.29, 0.717) is 22.0 Å². The monoisotopic (exact) mass is 371 g/mol. The molecule has 134 valence electrons. The molecule has 1 unspecified atom stereocenters. The van der Waals surface area contributed by atoms with Gasteiger partial charge in [-0.15, -0.1) is 0 Å². The highest BCUT2D eigenvalue weighted by atomic mass is 35.5. The summed E-state index contributed by atoms with van der Waals surface area (Å²) in [5.41, 5.74) is 8.86. The summed E-state index contributed by atoms with van der Waals surface area (Å²) < 4.78 is 5.18. The molecule has 1 heterocycles. The van der Waals surface area contributed by atoms with Gasteiger partial charge in [0.05, 0.1) is 19.2 Å². The van der Waals surface area contributed by atoms with E-state index in [9.17, 15) is 9.90 Å². The number of aliphatic imine (C=N–C) groups is 1. The van der Waals surface area contributed by atoms with E-state index < -0.39 is 12.0 Å². The number of aliphatic carboxylic acids is 1. The number of hydrogen-bond acceptors (Lipinski definition) is 5. The molecule has 1 aliphatic heterocycles. The number of carboxylic acid groups (broad SMARTS) is 1. The van der Waals surface area contributed by atoms with Crippen molar-refractivity contribution >= 4 is 29.2 Å². The Morgan fingerprint density at radius 3 is 2.46 bits per heavy atom. The van der Waals surface area contributed by atoms with Gasteiger partial charge < -0.3 is 20.9 Å². The Bertz CT molecular complexity index is 874. The maximum atomic E-state index is 11.5. The molecule has 0 fully saturated rings. The third-order valence-electron chi connectivity index (χ3n) is 4.08. The summed E-state index contributed by atoms with van der Waals surface area (Å²) in [5, 5.41) is 13.0. The summed E-state index contributed by atoms with van der Waals surface area (Å²) >= 11 is 5.96. The van der Waals surface area contributed by atoms with E-state index >= 15 is 0 Å². The molecule has 0 aliphatic carbocycles. The fourth-order valence-corrected chi connectivity index (χ4v) is 3.00. The highest BCUT2D eigenvalue weighted by Crippen LogP contribution is 2.36. The van der Waals surface area contributed by atoms with Crippen LogP contribution in [0.15, 0.2) is 59.1 Å². The minimum absolute atomic E-state index is 0.168. The van der Waals surface area contributed by atoms with Gasteiger partial charge in [0, 0.05) is 5.02 Å². The van der Waals surface area contributed by atoms with Crippen LogP contribution >= 0.6 is 11.6 Å². The number of hydrogen-bond donors (Lipinski definition) is 3. The topological polar surface area (TPSA) is 96.9 Å². The first-order valence-corrected chi connectivity index (χ1v) is 8.30. The number of halogens is 1. The van der Waals surface area contributed by atoms with Gasteiger partial charge in [-0.3, -0.25) is 4.79 Å². The normalized spacial score (nSPS) is 16.7. The Labute approximate surface area is 156 Å². The van der Waals surface area contributed by atoms with Gasteiger partial charge in [0.15, 0.2) is 5.96 Å². The summed E-state index contributed by atoms with van der Waals surface area (Å²) in [5.74, 6) is -0.00585. The first-order chi connectivity index (χ1) is 12.5. The van der Waals surface area contributed by atoms with Gasteiger partial charge in [-0.25, -0.2) is 4.99 Å². The quantitative estimate of drug-likeness (QED) is 0.750. The van der Waals surface area contributed by atoms with Crippen LogP contribution in [0.3, 0.4) is 0 Å². The van der Waals surface area contributed by atoms with Crippen molar-refractivity contribution in [2.45, 2.75) is 12.5 Å². The second-order valence-electron chi connectivity index (χ2n) is 5.79. The molecule has 7 heteroatoms. The molecule has 0 saturated heterocycles. The van der Waals surface area contributed by atoms with Crippen LogP contribution in [0.25, 0.3) is 5.70 Å². The maximum absolute atomic E-state index is 11.5. The predicted molar refractivity (Wildman–Crippen MR) is 101 cm³/mol. The van der Waals surface area contributed by atoms with Gasteiger partial charge in [0.25, 0.3) is 0 Å². The van der Waals surface area contributed by atoms with Crippen molar-refractivity contribution in [2.75, 3.05) is 7.11 Å². The molecule has 0 amide bonds. The van der Waals surface area contributed by atoms with Crippen LogP contribution in [0.5, 0.6) is 5.75 Å². The lowest BCUT2D eigenvalue weighted by molar-refractivity contribution is -0.136. The van der Waals surface area contributed by atoms with Gasteiger partial charge in [0.2, 0.25) is 0 Å². The molecule has 2 aromatic carbocycles. The first-order valence-electron chi connectivity index (χ1n) is 7.93. The van der Waals surface area contributed by atoms with Crippen LogP contribution in [-0.2, 0) is 4.79 Å². The largest absolute Gasteiger partial charge is 0.497 e. The summed E-state index contributed by atoms with van der Waals surface area (Å²) in [6.07, 6.45) is -0.168. The Hall–Kier alpha value is -2.99. The Morgan fingerprint density at radius 1 is 1.23 bits per heavy atom. The number of methoxy groups -OCH3 is 1. The number of carboxylic acids is 1. The van der Waals surface area contributed by atoms with E-state index in [1.807, 2.05) is 36.4 Å². The van der Waals surface area contributed by atoms with Crippen LogP contribution < -0.4 is 15.8 Å². The lowest BCUT2D eigenvalue weighted by Gasteiger charge is -2.27. The standard InChI is InChI=1S/C19H18ClN3O3/c1-26-14-8-4-12(5-9-14)18-15(10-16(24)25)17(22-19(21)23-18)11-2-6-13(20)7-3-11/h2-9,18H,10H2,1H3,(H,24,25)(H3,21,22,23). The molecule has 2 aromatic rings. The molecule has 0 bridgehead atoms. The van der Waals surface area contributed by atoms with E-state index in [1.165, 1.54) is 0 Å². The Kier molecular flexibility index (Phi) is 5.14. The number of ether oxygens (including phenoxy) is 1. The van der Waals surface area contributed by atoms with Gasteiger partial charge >= 0.3 is 5.97 Å². The van der Waals surface area contributed by atoms with E-state index in [4.69, 9.17) is 22.1 Å². The van der Waals surface area contributed by atoms with Crippen LogP contribution in [-0.4, -0.2) is 24.1 Å². The minimum Gasteiger partial charge on any atom is -0.497 e. The van der Waals surface area contributed by atoms with Crippen molar-refractivity contribution in [1.82, 2.24) is 5.32 Å². The lowest BCUT2D eigenvalue weighted by Crippen LogP contribution is -2.36. The zero-order valence-electron chi connectivity index (χ0n) is 14.1. The SMILES string of the molecule is COc1ccc(C2N=C(N)NC(c3ccc(Cl)cc3)=C2CC(=O)O)cc1. The number of carbonyl (C=O) groups is 1. The molecule has 0 radical (unpaired) electrons. The number of nitrogens with one attached hydrogen (secondary N) is 1. The number of nitrogens with zero attached hydrogens (tertiary/aromatic N) is 1. The molecule has 6 nitrogen and oxygen atoms in total. The van der Waals surface area contributed by atoms with Crippen LogP contribution in [0.4, 0.5) is 0 Å². The summed E-state index contributed by atoms with van der Waals surface area (Å²) in [4.78, 5) is 15.9. The van der Waals surface area contributed by atoms with Crippen molar-refractivity contribution in [3.63, 3.8) is 0 Å². The van der Waals surface area contributed by atoms with Crippen molar-refractivity contribution in [2.24, 2.45) is 10.7 Å². The molecule has 4 N–H and O–H groups in total. The van der Waals surface area contributed by atoms with E-state index in [1.54, 1.807) is 19.2 Å². The summed E-state index contributed by atoms with van der Waals surface area (Å²) in [6.45, 7) is 0. The summed E-state index contributed by atoms with van der Waals surface area (Å²) in [7, 11) is 1.59. The molecule has 1 aliphatic rings. The van der Waals surface area contributed by atoms with Gasteiger partial charge in [0.1, 0.15) is 11.8 Å². The van der Waals surface area contributed by atoms with Crippen LogP contribution in [0.1, 0.15) is 23.6 Å². The molecule has 26 heavy (non-hydrogen) atoms. The second-order valence-corrected chi connectivity index (χ2v) is 6.23. The van der Waals surface area contributed by atoms with Crippen LogP contribution in [0, 0.1) is 0 Å². The lowest BCUT2D eigenvalue weighted by atomic mass is 9.91. The van der Waals surface area contributed by atoms with Crippen molar-refractivity contribution in [3.05, 3.63) is 70.3 Å². The average Bonchev–Trinajstić information content (AvgIpc) is 2.63. The zero-order valence-corrected chi connectivity index (χ0v) is 14.8. The van der Waals surface area contributed by atoms with E-state index in [0.717, 1.165) is 11.1 Å². The summed E-state index contributed by atoms with van der Waals surface area (Å²) in [6, 6.07) is 13.9. The van der Waals surface area contributed by atoms with Crippen molar-refractivity contribution in [3.8, 4) is 5.75 Å². The second kappa shape index (κ2) is 7.49. The third-order valence-corrected chi connectivity index (χ3v) is 4.33. The molecule has 0 spiro atoms. The Morgan fingerprint density at radius 2 is 1.88 bits per heavy atom. The van der Waals surface area contributed by atoms with Crippen molar-refractivity contribution in [1.29, 1.82) is 0 Å². The van der Waals surface area contributed by atoms with Gasteiger partial charge in [-0.2, -0.15) is 0 Å². The Balaban J connectivity index is 2.11. The molecule has 1 atom stereocenters. The zero-order chi connectivity index (χ0) is 18.7. The van der Waals surface area contributed by atoms with Crippen molar-refractivity contribution < 1.29 is 14.6 Å². The minimum atomic E-state index is -0.942. The number of guanidine groups is 1. The molecule has 3 rings (SSSR count). The molecular weight excluding hydrogens is 354 g/mol. The molecular formula is C19H18ClN3O3. The van der Waals surface area contributed by atoms with E-state index in [2.05, 4.69) is 10.3 Å². The highest BCUT2D eigenvalue weighted by Gasteiger charge is 2.27. The fourth-order valence-electron chi connectivity index (χ4n) is 2.88. The van der Waals surface area contributed by atoms with Crippen LogP contribution in [0.2, 0.25) is 5.02 Å². The van der Waals surface area contributed by atoms with Gasteiger partial charge in [-0.1, -0.05) is 35.9 Å². The molecule has 0 aromatic heterocycles. The average molecular weight is 372 g/mol. The number of benzene rings is 2. The van der Waals surface area contributed by atoms with E-state index in [-0.39, 0.29) is 12.4 Å². The molecule has 0 saturated carbocycles. The smallest absolute Gasteiger partial charge is 0.307 e. The predicted octanol–water partition coefficient (Wildman–Crippen LogP) is 3.19. The highest BCUT2D eigenvalue weighted by molar-refractivity contribution is 6.30.